The van der Waals surface area contributed by atoms with Crippen molar-refractivity contribution in [2.24, 2.45) is 0 Å². The second kappa shape index (κ2) is 8.63. The third-order valence-corrected chi connectivity index (χ3v) is 5.69. The Morgan fingerprint density at radius 1 is 0.875 bits per heavy atom. The topological polar surface area (TPSA) is 121 Å². The van der Waals surface area contributed by atoms with Crippen molar-refractivity contribution in [2.45, 2.75) is 10.7 Å². The molecular weight excluding hydrogens is 378 g/mol. The van der Waals surface area contributed by atoms with E-state index < -0.39 is 11.9 Å². The predicted molar refractivity (Wildman–Crippen MR) is 72.4 cm³/mol. The van der Waals surface area contributed by atoms with Crippen LogP contribution in [0.2, 0.25) is 0 Å². The van der Waals surface area contributed by atoms with Crippen LogP contribution in [0.3, 0.4) is 0 Å². The summed E-state index contributed by atoms with van der Waals surface area (Å²) >= 11 is 2.46. The molecule has 0 amide bonds. The van der Waals surface area contributed by atoms with E-state index in [1.807, 2.05) is 0 Å². The minimum Gasteiger partial charge on any atom is -0.543 e. The first kappa shape index (κ1) is 22.1. The van der Waals surface area contributed by atoms with Crippen LogP contribution >= 0.6 is 23.5 Å². The van der Waals surface area contributed by atoms with Gasteiger partial charge in [0.05, 0.1) is 36.4 Å². The van der Waals surface area contributed by atoms with Gasteiger partial charge >= 0.3 is 59.1 Å². The molecule has 0 radical (unpaired) electrons. The van der Waals surface area contributed by atoms with E-state index in [0.717, 1.165) is 0 Å². The molecule has 0 aromatic heterocycles. The van der Waals surface area contributed by atoms with E-state index in [9.17, 15) is 29.4 Å². The molecule has 0 N–H and O–H groups in total. The molecule has 0 saturated carbocycles. The Morgan fingerprint density at radius 3 is 1.42 bits per heavy atom. The molecule has 8 nitrogen and oxygen atoms in total. The second-order valence-electron chi connectivity index (χ2n) is 4.75. The zero-order valence-corrected chi connectivity index (χ0v) is 18.5. The van der Waals surface area contributed by atoms with Crippen molar-refractivity contribution in [1.29, 1.82) is 0 Å². The maximum Gasteiger partial charge on any atom is 1.00 e. The van der Waals surface area contributed by atoms with E-state index >= 15 is 0 Å². The third kappa shape index (κ3) is 3.90. The molecule has 0 bridgehead atoms. The summed E-state index contributed by atoms with van der Waals surface area (Å²) in [5.74, 6) is -2.23. The van der Waals surface area contributed by atoms with Gasteiger partial charge in [-0.15, -0.1) is 0 Å². The summed E-state index contributed by atoms with van der Waals surface area (Å²) in [6, 6.07) is 0. The van der Waals surface area contributed by atoms with Gasteiger partial charge in [-0.1, -0.05) is 23.5 Å². The molecule has 12 heteroatoms. The Morgan fingerprint density at radius 2 is 1.21 bits per heavy atom. The van der Waals surface area contributed by atoms with Crippen molar-refractivity contribution >= 4 is 47.0 Å². The van der Waals surface area contributed by atoms with Crippen molar-refractivity contribution < 1.29 is 88.5 Å². The SMILES string of the molecule is O=C([O-])C1=CSC2C(=O)CN12.O=C([O-])C1=CSC2C(=O)CN12.[Na+].[Na+]. The van der Waals surface area contributed by atoms with Crippen LogP contribution < -0.4 is 69.3 Å². The molecule has 0 aromatic rings. The molecule has 2 atom stereocenters. The molecule has 0 spiro atoms. The number of rotatable bonds is 2. The number of carbonyl (C=O) groups is 4. The number of hydrogen-bond acceptors (Lipinski definition) is 10. The molecule has 2 saturated heterocycles. The molecule has 4 aliphatic rings. The largest absolute Gasteiger partial charge is 1.00 e. The Bertz CT molecular complexity index is 612. The van der Waals surface area contributed by atoms with Gasteiger partial charge in [-0.3, -0.25) is 9.59 Å². The van der Waals surface area contributed by atoms with Gasteiger partial charge in [-0.05, 0) is 10.8 Å². The van der Waals surface area contributed by atoms with E-state index in [4.69, 9.17) is 0 Å². The van der Waals surface area contributed by atoms with Crippen LogP contribution in [0.5, 0.6) is 0 Å². The maximum absolute atomic E-state index is 10.8. The second-order valence-corrected chi connectivity index (χ2v) is 6.66. The Hall–Kier alpha value is 0.0600. The van der Waals surface area contributed by atoms with Gasteiger partial charge in [-0.25, -0.2) is 0 Å². The van der Waals surface area contributed by atoms with Crippen molar-refractivity contribution in [3.05, 3.63) is 22.2 Å². The van der Waals surface area contributed by atoms with Gasteiger partial charge in [0.25, 0.3) is 0 Å². The molecule has 2 unspecified atom stereocenters. The molecule has 24 heavy (non-hydrogen) atoms. The summed E-state index contributed by atoms with van der Waals surface area (Å²) in [6.45, 7) is 0.439. The minimum atomic E-state index is -1.20. The maximum atomic E-state index is 10.8. The van der Waals surface area contributed by atoms with Gasteiger partial charge in [0.15, 0.2) is 11.6 Å². The monoisotopic (exact) mass is 386 g/mol. The number of hydrogen-bond donors (Lipinski definition) is 0. The number of carboxylic acids is 2. The fourth-order valence-corrected chi connectivity index (χ4v) is 4.33. The quantitative estimate of drug-likeness (QED) is 0.423. The van der Waals surface area contributed by atoms with Crippen LogP contribution in [0.1, 0.15) is 0 Å². The van der Waals surface area contributed by atoms with Crippen molar-refractivity contribution in [2.75, 3.05) is 13.1 Å². The molecule has 0 aromatic carbocycles. The molecule has 4 heterocycles. The average Bonchev–Trinajstić information content (AvgIpc) is 2.96. The van der Waals surface area contributed by atoms with Gasteiger partial charge in [-0.2, -0.15) is 0 Å². The van der Waals surface area contributed by atoms with Gasteiger partial charge in [0.1, 0.15) is 10.7 Å². The van der Waals surface area contributed by atoms with E-state index in [1.54, 1.807) is 0 Å². The predicted octanol–water partition coefficient (Wildman–Crippen LogP) is -8.92. The normalized spacial score (nSPS) is 25.3. The van der Waals surface area contributed by atoms with Crippen molar-refractivity contribution in [1.82, 2.24) is 9.80 Å². The number of thioether (sulfide) groups is 2. The summed E-state index contributed by atoms with van der Waals surface area (Å²) in [7, 11) is 0. The molecule has 2 fully saturated rings. The fourth-order valence-electron chi connectivity index (χ4n) is 2.23. The van der Waals surface area contributed by atoms with Crippen LogP contribution in [-0.2, 0) is 19.2 Å². The number of aliphatic carboxylic acids is 2. The Kier molecular flexibility index (Phi) is 7.95. The molecule has 4 aliphatic heterocycles. The molecule has 116 valence electrons. The van der Waals surface area contributed by atoms with Crippen molar-refractivity contribution in [3.63, 3.8) is 0 Å². The van der Waals surface area contributed by atoms with Crippen LogP contribution in [0.15, 0.2) is 22.2 Å². The van der Waals surface area contributed by atoms with Gasteiger partial charge < -0.3 is 29.6 Å². The van der Waals surface area contributed by atoms with Gasteiger partial charge in [0.2, 0.25) is 0 Å². The number of carbonyl (C=O) groups excluding carboxylic acids is 4. The average molecular weight is 386 g/mol. The zero-order valence-electron chi connectivity index (χ0n) is 12.9. The number of Topliss-reactive ketones (excluding diaryl/α,β-unsaturated/α-hetero) is 2. The number of carboxylic acid groups (broad SMARTS) is 2. The smallest absolute Gasteiger partial charge is 0.543 e. The minimum absolute atomic E-state index is 0. The summed E-state index contributed by atoms with van der Waals surface area (Å²) in [6.07, 6.45) is 0. The summed E-state index contributed by atoms with van der Waals surface area (Å²) in [5.41, 5.74) is 0.277. The van der Waals surface area contributed by atoms with Gasteiger partial charge in [0, 0.05) is 0 Å². The Balaban J connectivity index is 0.000000222. The molecule has 0 aliphatic carbocycles. The summed E-state index contributed by atoms with van der Waals surface area (Å²) < 4.78 is 0. The summed E-state index contributed by atoms with van der Waals surface area (Å²) in [5, 5.41) is 23.1. The molecular formula is C12H8N2Na2O6S2. The number of ketones is 2. The fraction of sp³-hybridized carbons (Fsp3) is 0.333. The first-order valence-corrected chi connectivity index (χ1v) is 8.01. The van der Waals surface area contributed by atoms with E-state index in [1.165, 1.54) is 44.1 Å². The van der Waals surface area contributed by atoms with Crippen LogP contribution in [0.4, 0.5) is 0 Å². The van der Waals surface area contributed by atoms with Crippen LogP contribution in [0.25, 0.3) is 0 Å². The number of fused-ring (bicyclic) bond motifs is 2. The van der Waals surface area contributed by atoms with Crippen LogP contribution in [0, 0.1) is 0 Å². The standard InChI is InChI=1S/2C6H5NO3S.2Na/c2*8-4-1-7-3(6(9)10)2-11-5(4)7;;/h2*2,5H,1H2,(H,9,10);;/q;;2*+1/p-2. The first-order chi connectivity index (χ1) is 10.4. The van der Waals surface area contributed by atoms with Crippen LogP contribution in [-0.4, -0.2) is 57.1 Å². The van der Waals surface area contributed by atoms with Crippen molar-refractivity contribution in [3.8, 4) is 0 Å². The van der Waals surface area contributed by atoms with E-state index in [2.05, 4.69) is 0 Å². The third-order valence-electron chi connectivity index (χ3n) is 3.42. The van der Waals surface area contributed by atoms with E-state index in [0.29, 0.717) is 0 Å². The molecule has 4 rings (SSSR count). The zero-order chi connectivity index (χ0) is 16.0. The first-order valence-electron chi connectivity index (χ1n) is 6.13. The Labute approximate surface area is 189 Å². The summed E-state index contributed by atoms with van der Waals surface area (Å²) in [4.78, 5) is 45.3. The van der Waals surface area contributed by atoms with E-state index in [-0.39, 0.29) is 106 Å². The number of nitrogens with zero attached hydrogens (tertiary/aromatic N) is 2.